The van der Waals surface area contributed by atoms with Crippen LogP contribution in [0.25, 0.3) is 0 Å². The van der Waals surface area contributed by atoms with E-state index in [9.17, 15) is 26.7 Å². The summed E-state index contributed by atoms with van der Waals surface area (Å²) in [6.07, 6.45) is -3.54. The molecule has 0 radical (unpaired) electrons. The van der Waals surface area contributed by atoms with Gasteiger partial charge in [-0.15, -0.1) is 0 Å². The average molecular weight is 349 g/mol. The Bertz CT molecular complexity index is 715. The molecule has 0 fully saturated rings. The molecule has 0 bridgehead atoms. The van der Waals surface area contributed by atoms with Gasteiger partial charge in [0.05, 0.1) is 6.54 Å². The number of alkyl halides is 3. The fourth-order valence-electron chi connectivity index (χ4n) is 1.75. The first kappa shape index (κ1) is 17.7. The van der Waals surface area contributed by atoms with Crippen molar-refractivity contribution in [2.24, 2.45) is 0 Å². The first-order valence-electron chi connectivity index (χ1n) is 6.71. The maximum atomic E-state index is 13.3. The molecule has 130 valence electrons. The van der Waals surface area contributed by atoms with Crippen LogP contribution in [0.1, 0.15) is 5.69 Å². The van der Waals surface area contributed by atoms with Gasteiger partial charge in [-0.3, -0.25) is 9.48 Å². The summed E-state index contributed by atoms with van der Waals surface area (Å²) in [5.74, 6) is -2.38. The van der Waals surface area contributed by atoms with Gasteiger partial charge >= 0.3 is 6.18 Å². The van der Waals surface area contributed by atoms with E-state index < -0.39 is 36.0 Å². The zero-order valence-corrected chi connectivity index (χ0v) is 12.1. The molecule has 1 aromatic carbocycles. The lowest BCUT2D eigenvalue weighted by atomic mass is 10.3. The van der Waals surface area contributed by atoms with Gasteiger partial charge in [-0.2, -0.15) is 18.3 Å². The van der Waals surface area contributed by atoms with Crippen molar-refractivity contribution in [3.63, 3.8) is 0 Å². The highest BCUT2D eigenvalue weighted by molar-refractivity contribution is 5.75. The third-order valence-corrected chi connectivity index (χ3v) is 2.81. The molecule has 1 heterocycles. The summed E-state index contributed by atoms with van der Waals surface area (Å²) in [5.41, 5.74) is -1.09. The largest absolute Gasteiger partial charge is 0.489 e. The number of carbonyl (C=O) groups excluding carboxylic acids is 1. The second kappa shape index (κ2) is 7.28. The Morgan fingerprint density at radius 2 is 2.00 bits per heavy atom. The summed E-state index contributed by atoms with van der Waals surface area (Å²) in [4.78, 5) is 11.6. The van der Waals surface area contributed by atoms with Gasteiger partial charge in [0.1, 0.15) is 19.0 Å². The SMILES string of the molecule is O=C(Cn1ccc(C(F)(F)F)n1)NCCOc1ccc(F)cc1F. The summed E-state index contributed by atoms with van der Waals surface area (Å²) in [7, 11) is 0. The maximum Gasteiger partial charge on any atom is 0.435 e. The zero-order valence-electron chi connectivity index (χ0n) is 12.1. The number of aromatic nitrogens is 2. The van der Waals surface area contributed by atoms with Gasteiger partial charge < -0.3 is 10.1 Å². The minimum absolute atomic E-state index is 0.0109. The van der Waals surface area contributed by atoms with E-state index >= 15 is 0 Å². The van der Waals surface area contributed by atoms with E-state index in [2.05, 4.69) is 10.4 Å². The lowest BCUT2D eigenvalue weighted by Gasteiger charge is -2.08. The molecule has 0 saturated heterocycles. The quantitative estimate of drug-likeness (QED) is 0.644. The van der Waals surface area contributed by atoms with E-state index in [1.807, 2.05) is 0 Å². The number of amides is 1. The highest BCUT2D eigenvalue weighted by atomic mass is 19.4. The van der Waals surface area contributed by atoms with Crippen LogP contribution in [0.4, 0.5) is 22.0 Å². The fourth-order valence-corrected chi connectivity index (χ4v) is 1.75. The monoisotopic (exact) mass is 349 g/mol. The van der Waals surface area contributed by atoms with Crippen molar-refractivity contribution < 1.29 is 31.5 Å². The van der Waals surface area contributed by atoms with Gasteiger partial charge in [0.25, 0.3) is 0 Å². The molecule has 0 aliphatic carbocycles. The summed E-state index contributed by atoms with van der Waals surface area (Å²) in [5, 5.41) is 5.61. The van der Waals surface area contributed by atoms with Crippen molar-refractivity contribution in [2.75, 3.05) is 13.2 Å². The normalized spacial score (nSPS) is 11.4. The first-order chi connectivity index (χ1) is 11.3. The van der Waals surface area contributed by atoms with E-state index in [0.29, 0.717) is 6.07 Å². The number of halogens is 5. The fraction of sp³-hybridized carbons (Fsp3) is 0.286. The van der Waals surface area contributed by atoms with Crippen LogP contribution in [0.2, 0.25) is 0 Å². The van der Waals surface area contributed by atoms with Crippen LogP contribution in [0.3, 0.4) is 0 Å². The Kier molecular flexibility index (Phi) is 5.37. The van der Waals surface area contributed by atoms with Gasteiger partial charge in [-0.05, 0) is 18.2 Å². The van der Waals surface area contributed by atoms with E-state index in [1.165, 1.54) is 0 Å². The number of nitrogens with zero attached hydrogens (tertiary/aromatic N) is 2. The van der Waals surface area contributed by atoms with Crippen LogP contribution >= 0.6 is 0 Å². The maximum absolute atomic E-state index is 13.3. The molecule has 0 atom stereocenters. The van der Waals surface area contributed by atoms with Crippen LogP contribution in [0, 0.1) is 11.6 Å². The molecule has 1 N–H and O–H groups in total. The Morgan fingerprint density at radius 3 is 2.62 bits per heavy atom. The van der Waals surface area contributed by atoms with Crippen LogP contribution in [0.5, 0.6) is 5.75 Å². The summed E-state index contributed by atoms with van der Waals surface area (Å²) in [6, 6.07) is 3.54. The predicted molar refractivity (Wildman–Crippen MR) is 72.1 cm³/mol. The number of ether oxygens (including phenoxy) is 1. The molecule has 0 aliphatic rings. The van der Waals surface area contributed by atoms with Crippen LogP contribution in [-0.2, 0) is 17.5 Å². The highest BCUT2D eigenvalue weighted by Gasteiger charge is 2.33. The van der Waals surface area contributed by atoms with Crippen molar-refractivity contribution in [1.29, 1.82) is 0 Å². The Morgan fingerprint density at radius 1 is 1.25 bits per heavy atom. The van der Waals surface area contributed by atoms with Crippen molar-refractivity contribution in [3.8, 4) is 5.75 Å². The molecule has 0 spiro atoms. The average Bonchev–Trinajstić information content (AvgIpc) is 2.94. The van der Waals surface area contributed by atoms with Gasteiger partial charge in [-0.1, -0.05) is 0 Å². The molecule has 2 aromatic rings. The Hall–Kier alpha value is -2.65. The standard InChI is InChI=1S/C14H12F5N3O2/c15-9-1-2-11(10(16)7-9)24-6-4-20-13(23)8-22-5-3-12(21-22)14(17,18)19/h1-3,5,7H,4,6,8H2,(H,20,23). The van der Waals surface area contributed by atoms with E-state index in [1.54, 1.807) is 0 Å². The van der Waals surface area contributed by atoms with Crippen LogP contribution in [-0.4, -0.2) is 28.8 Å². The van der Waals surface area contributed by atoms with Crippen LogP contribution in [0.15, 0.2) is 30.5 Å². The van der Waals surface area contributed by atoms with Gasteiger partial charge in [0.2, 0.25) is 5.91 Å². The molecule has 1 amide bonds. The molecular weight excluding hydrogens is 337 g/mol. The number of rotatable bonds is 6. The molecule has 24 heavy (non-hydrogen) atoms. The van der Waals surface area contributed by atoms with Gasteiger partial charge in [0, 0.05) is 12.3 Å². The number of benzene rings is 1. The summed E-state index contributed by atoms with van der Waals surface area (Å²) < 4.78 is 68.9. The Balaban J connectivity index is 1.74. The molecule has 10 heteroatoms. The molecule has 2 rings (SSSR count). The van der Waals surface area contributed by atoms with Crippen molar-refractivity contribution in [3.05, 3.63) is 47.8 Å². The van der Waals surface area contributed by atoms with E-state index in [-0.39, 0.29) is 18.9 Å². The van der Waals surface area contributed by atoms with E-state index in [4.69, 9.17) is 4.74 Å². The predicted octanol–water partition coefficient (Wildman–Crippen LogP) is 2.38. The van der Waals surface area contributed by atoms with Crippen molar-refractivity contribution in [2.45, 2.75) is 12.7 Å². The van der Waals surface area contributed by atoms with Gasteiger partial charge in [-0.25, -0.2) is 8.78 Å². The second-order valence-electron chi connectivity index (χ2n) is 4.67. The van der Waals surface area contributed by atoms with Crippen LogP contribution < -0.4 is 10.1 Å². The first-order valence-corrected chi connectivity index (χ1v) is 6.71. The minimum Gasteiger partial charge on any atom is -0.489 e. The topological polar surface area (TPSA) is 56.2 Å². The molecule has 0 aliphatic heterocycles. The smallest absolute Gasteiger partial charge is 0.435 e. The summed E-state index contributed by atoms with van der Waals surface area (Å²) >= 11 is 0. The van der Waals surface area contributed by atoms with Crippen molar-refractivity contribution >= 4 is 5.91 Å². The van der Waals surface area contributed by atoms with Gasteiger partial charge in [0.15, 0.2) is 17.3 Å². The lowest BCUT2D eigenvalue weighted by molar-refractivity contribution is -0.141. The lowest BCUT2D eigenvalue weighted by Crippen LogP contribution is -2.31. The number of carbonyl (C=O) groups is 1. The highest BCUT2D eigenvalue weighted by Crippen LogP contribution is 2.27. The Labute approximate surface area is 133 Å². The molecule has 1 aromatic heterocycles. The summed E-state index contributed by atoms with van der Waals surface area (Å²) in [6.45, 7) is -0.509. The number of nitrogens with one attached hydrogen (secondary N) is 1. The third-order valence-electron chi connectivity index (χ3n) is 2.81. The molecule has 5 nitrogen and oxygen atoms in total. The molecule has 0 unspecified atom stereocenters. The molecular formula is C14H12F5N3O2. The number of hydrogen-bond acceptors (Lipinski definition) is 3. The van der Waals surface area contributed by atoms with Crippen molar-refractivity contribution in [1.82, 2.24) is 15.1 Å². The minimum atomic E-state index is -4.57. The third kappa shape index (κ3) is 4.93. The van der Waals surface area contributed by atoms with E-state index in [0.717, 1.165) is 29.1 Å². The second-order valence-corrected chi connectivity index (χ2v) is 4.67. The number of hydrogen-bond donors (Lipinski definition) is 1. The molecule has 0 saturated carbocycles. The zero-order chi connectivity index (χ0) is 17.7.